The predicted molar refractivity (Wildman–Crippen MR) is 84.2 cm³/mol. The predicted octanol–water partition coefficient (Wildman–Crippen LogP) is 4.65. The van der Waals surface area contributed by atoms with Crippen LogP contribution in [0.3, 0.4) is 0 Å². The van der Waals surface area contributed by atoms with Crippen LogP contribution in [0.15, 0.2) is 12.1 Å². The molecule has 1 aromatic carbocycles. The van der Waals surface area contributed by atoms with Gasteiger partial charge in [0.2, 0.25) is 0 Å². The van der Waals surface area contributed by atoms with Crippen molar-refractivity contribution in [1.82, 2.24) is 0 Å². The fraction of sp³-hybridized carbons (Fsp3) is 0.588. The van der Waals surface area contributed by atoms with Gasteiger partial charge < -0.3 is 9.84 Å². The van der Waals surface area contributed by atoms with E-state index in [1.807, 2.05) is 19.1 Å². The maximum absolute atomic E-state index is 11.0. The number of aliphatic carboxylic acids is 1. The lowest BCUT2D eigenvalue weighted by Crippen LogP contribution is -2.05. The zero-order valence-electron chi connectivity index (χ0n) is 12.9. The molecule has 116 valence electrons. The zero-order chi connectivity index (χ0) is 15.6. The Kier molecular flexibility index (Phi) is 5.15. The molecule has 0 bridgehead atoms. The first-order valence-corrected chi connectivity index (χ1v) is 7.97. The summed E-state index contributed by atoms with van der Waals surface area (Å²) >= 11 is 6.25. The van der Waals surface area contributed by atoms with Gasteiger partial charge in [-0.2, -0.15) is 0 Å². The van der Waals surface area contributed by atoms with Crippen molar-refractivity contribution in [3.05, 3.63) is 28.3 Å². The molecule has 21 heavy (non-hydrogen) atoms. The Bertz CT molecular complexity index is 527. The highest BCUT2D eigenvalue weighted by molar-refractivity contribution is 6.31. The summed E-state index contributed by atoms with van der Waals surface area (Å²) in [5.41, 5.74) is 2.10. The summed E-state index contributed by atoms with van der Waals surface area (Å²) in [6.45, 7) is 6.85. The van der Waals surface area contributed by atoms with Gasteiger partial charge in [-0.05, 0) is 61.3 Å². The van der Waals surface area contributed by atoms with Gasteiger partial charge in [-0.3, -0.25) is 4.79 Å². The van der Waals surface area contributed by atoms with Gasteiger partial charge in [-0.25, -0.2) is 0 Å². The van der Waals surface area contributed by atoms with Crippen LogP contribution in [-0.2, 0) is 4.79 Å². The van der Waals surface area contributed by atoms with E-state index in [0.29, 0.717) is 6.61 Å². The van der Waals surface area contributed by atoms with Gasteiger partial charge in [0.25, 0.3) is 0 Å². The van der Waals surface area contributed by atoms with Crippen molar-refractivity contribution >= 4 is 17.6 Å². The minimum atomic E-state index is -0.670. The summed E-state index contributed by atoms with van der Waals surface area (Å²) in [6.07, 6.45) is 2.63. The maximum atomic E-state index is 11.0. The number of carboxylic acid groups (broad SMARTS) is 1. The van der Waals surface area contributed by atoms with Gasteiger partial charge in [-0.1, -0.05) is 25.4 Å². The average molecular weight is 311 g/mol. The quantitative estimate of drug-likeness (QED) is 0.797. The van der Waals surface area contributed by atoms with Crippen LogP contribution >= 0.6 is 11.6 Å². The van der Waals surface area contributed by atoms with Gasteiger partial charge in [0.15, 0.2) is 0 Å². The summed E-state index contributed by atoms with van der Waals surface area (Å²) in [5.74, 6) is 0.602. The molecule has 3 unspecified atom stereocenters. The molecule has 1 aromatic rings. The molecule has 2 rings (SSSR count). The van der Waals surface area contributed by atoms with Crippen LogP contribution in [0.1, 0.15) is 50.2 Å². The number of carbonyl (C=O) groups is 1. The molecule has 0 radical (unpaired) electrons. The van der Waals surface area contributed by atoms with Crippen molar-refractivity contribution in [2.45, 2.75) is 46.0 Å². The molecular formula is C17H23ClO3. The zero-order valence-corrected chi connectivity index (χ0v) is 13.6. The van der Waals surface area contributed by atoms with E-state index in [-0.39, 0.29) is 17.8 Å². The maximum Gasteiger partial charge on any atom is 0.306 e. The third kappa shape index (κ3) is 3.91. The second-order valence-corrected chi connectivity index (χ2v) is 6.47. The van der Waals surface area contributed by atoms with Crippen molar-refractivity contribution in [3.8, 4) is 5.75 Å². The van der Waals surface area contributed by atoms with Crippen molar-refractivity contribution < 1.29 is 14.6 Å². The Hall–Kier alpha value is -1.22. The first-order valence-electron chi connectivity index (χ1n) is 7.59. The minimum absolute atomic E-state index is 0.159. The molecule has 4 heteroatoms. The van der Waals surface area contributed by atoms with Crippen LogP contribution in [0, 0.1) is 18.8 Å². The number of halogens is 1. The van der Waals surface area contributed by atoms with Crippen LogP contribution in [0.2, 0.25) is 5.02 Å². The average Bonchev–Trinajstić information content (AvgIpc) is 3.19. The Labute approximate surface area is 131 Å². The Morgan fingerprint density at radius 2 is 2.24 bits per heavy atom. The SMILES string of the molecule is CCCOc1cc(C)c(Cl)cc1C(C)CC1CC1C(=O)O. The minimum Gasteiger partial charge on any atom is -0.493 e. The highest BCUT2D eigenvalue weighted by Gasteiger charge is 2.43. The summed E-state index contributed by atoms with van der Waals surface area (Å²) < 4.78 is 5.84. The van der Waals surface area contributed by atoms with Crippen LogP contribution in [-0.4, -0.2) is 17.7 Å². The van der Waals surface area contributed by atoms with Crippen molar-refractivity contribution in [3.63, 3.8) is 0 Å². The van der Waals surface area contributed by atoms with Crippen molar-refractivity contribution in [2.24, 2.45) is 11.8 Å². The normalized spacial score (nSPS) is 21.9. The summed E-state index contributed by atoms with van der Waals surface area (Å²) in [7, 11) is 0. The first kappa shape index (κ1) is 16.2. The fourth-order valence-electron chi connectivity index (χ4n) is 2.78. The Morgan fingerprint density at radius 3 is 2.81 bits per heavy atom. The molecule has 1 saturated carbocycles. The largest absolute Gasteiger partial charge is 0.493 e. The van der Waals surface area contributed by atoms with E-state index < -0.39 is 5.97 Å². The lowest BCUT2D eigenvalue weighted by atomic mass is 9.93. The first-order chi connectivity index (χ1) is 9.93. The third-order valence-electron chi connectivity index (χ3n) is 4.18. The molecule has 1 aliphatic carbocycles. The van der Waals surface area contributed by atoms with E-state index in [1.165, 1.54) is 0 Å². The molecular weight excluding hydrogens is 288 g/mol. The summed E-state index contributed by atoms with van der Waals surface area (Å²) in [4.78, 5) is 11.0. The van der Waals surface area contributed by atoms with Crippen LogP contribution in [0.25, 0.3) is 0 Å². The number of benzene rings is 1. The molecule has 3 atom stereocenters. The number of hydrogen-bond donors (Lipinski definition) is 1. The monoisotopic (exact) mass is 310 g/mol. The van der Waals surface area contributed by atoms with Crippen LogP contribution in [0.5, 0.6) is 5.75 Å². The highest BCUT2D eigenvalue weighted by atomic mass is 35.5. The number of carboxylic acids is 1. The van der Waals surface area contributed by atoms with Gasteiger partial charge >= 0.3 is 5.97 Å². The lowest BCUT2D eigenvalue weighted by molar-refractivity contribution is -0.138. The van der Waals surface area contributed by atoms with Crippen molar-refractivity contribution in [2.75, 3.05) is 6.61 Å². The van der Waals surface area contributed by atoms with E-state index in [0.717, 1.165) is 41.2 Å². The van der Waals surface area contributed by atoms with E-state index in [1.54, 1.807) is 0 Å². The van der Waals surface area contributed by atoms with E-state index in [9.17, 15) is 4.79 Å². The molecule has 0 aromatic heterocycles. The molecule has 1 aliphatic rings. The van der Waals surface area contributed by atoms with Crippen LogP contribution < -0.4 is 4.74 Å². The molecule has 0 heterocycles. The van der Waals surface area contributed by atoms with Gasteiger partial charge in [0, 0.05) is 5.02 Å². The number of aryl methyl sites for hydroxylation is 1. The molecule has 0 spiro atoms. The second kappa shape index (κ2) is 6.69. The molecule has 1 N–H and O–H groups in total. The van der Waals surface area contributed by atoms with Gasteiger partial charge in [0.05, 0.1) is 12.5 Å². The van der Waals surface area contributed by atoms with Crippen LogP contribution in [0.4, 0.5) is 0 Å². The standard InChI is InChI=1S/C17H23ClO3/c1-4-5-21-16-7-11(3)15(18)9-13(16)10(2)6-12-8-14(12)17(19)20/h7,9-10,12,14H,4-6,8H2,1-3H3,(H,19,20). The molecule has 0 amide bonds. The fourth-order valence-corrected chi connectivity index (χ4v) is 2.96. The topological polar surface area (TPSA) is 46.5 Å². The molecule has 0 aliphatic heterocycles. The van der Waals surface area contributed by atoms with Gasteiger partial charge in [0.1, 0.15) is 5.75 Å². The highest BCUT2D eigenvalue weighted by Crippen LogP contribution is 2.46. The van der Waals surface area contributed by atoms with Crippen molar-refractivity contribution in [1.29, 1.82) is 0 Å². The Morgan fingerprint density at radius 1 is 1.52 bits per heavy atom. The second-order valence-electron chi connectivity index (χ2n) is 6.06. The summed E-state index contributed by atoms with van der Waals surface area (Å²) in [6, 6.07) is 3.97. The number of ether oxygens (including phenoxy) is 1. The smallest absolute Gasteiger partial charge is 0.306 e. The molecule has 3 nitrogen and oxygen atoms in total. The number of rotatable bonds is 7. The molecule has 0 saturated heterocycles. The molecule has 1 fully saturated rings. The van der Waals surface area contributed by atoms with E-state index in [4.69, 9.17) is 21.4 Å². The van der Waals surface area contributed by atoms with E-state index in [2.05, 4.69) is 13.8 Å². The third-order valence-corrected chi connectivity index (χ3v) is 4.59. The Balaban J connectivity index is 2.13. The van der Waals surface area contributed by atoms with Gasteiger partial charge in [-0.15, -0.1) is 0 Å². The van der Waals surface area contributed by atoms with E-state index >= 15 is 0 Å². The lowest BCUT2D eigenvalue weighted by Gasteiger charge is -2.18. The number of hydrogen-bond acceptors (Lipinski definition) is 2. The summed E-state index contributed by atoms with van der Waals surface area (Å²) in [5, 5.41) is 9.75.